The summed E-state index contributed by atoms with van der Waals surface area (Å²) >= 11 is 1.42. The third kappa shape index (κ3) is 6.03. The average molecular weight is 610 g/mol. The molecule has 1 fully saturated rings. The van der Waals surface area contributed by atoms with Crippen molar-refractivity contribution in [3.05, 3.63) is 120 Å². The number of nitrogens with one attached hydrogen (secondary N) is 1. The standard InChI is InChI=1S/C32H27N5O6S/c1-44-26-25(43-32(40)22-15-9-4-10-16-22)23(17-41-31(39)21-13-7-3-8-14-21)42-30(26)37-19-35-27-24(37)28(34-18-33-27)36-29(38)20-11-5-2-6-12-20/h2-16,18-19,23,25-26,30H,17H2,1H3,(H,33,34,36,38)/t23-,25+,26+,30-/m0/s1. The van der Waals surface area contributed by atoms with Gasteiger partial charge in [0.25, 0.3) is 5.91 Å². The van der Waals surface area contributed by atoms with Crippen LogP contribution >= 0.6 is 11.8 Å². The zero-order valence-corrected chi connectivity index (χ0v) is 24.3. The number of hydrogen-bond acceptors (Lipinski definition) is 10. The van der Waals surface area contributed by atoms with Crippen molar-refractivity contribution in [3.63, 3.8) is 0 Å². The molecule has 44 heavy (non-hydrogen) atoms. The highest BCUT2D eigenvalue weighted by molar-refractivity contribution is 7.99. The molecule has 2 aromatic heterocycles. The van der Waals surface area contributed by atoms with Crippen LogP contribution in [0.4, 0.5) is 5.82 Å². The molecule has 12 heteroatoms. The molecule has 1 aliphatic rings. The maximum absolute atomic E-state index is 13.2. The molecule has 6 rings (SSSR count). The van der Waals surface area contributed by atoms with Gasteiger partial charge in [0.1, 0.15) is 30.7 Å². The van der Waals surface area contributed by atoms with Crippen molar-refractivity contribution in [2.75, 3.05) is 18.2 Å². The fourth-order valence-corrected chi connectivity index (χ4v) is 5.90. The van der Waals surface area contributed by atoms with Crippen molar-refractivity contribution >= 4 is 46.6 Å². The number of carbonyl (C=O) groups excluding carboxylic acids is 3. The normalized spacial score (nSPS) is 19.4. The van der Waals surface area contributed by atoms with Gasteiger partial charge in [0, 0.05) is 5.56 Å². The minimum atomic E-state index is -0.817. The Morgan fingerprint density at radius 2 is 1.45 bits per heavy atom. The first kappa shape index (κ1) is 29.0. The van der Waals surface area contributed by atoms with E-state index in [9.17, 15) is 14.4 Å². The van der Waals surface area contributed by atoms with Crippen LogP contribution in [0.25, 0.3) is 11.2 Å². The van der Waals surface area contributed by atoms with E-state index in [1.54, 1.807) is 89.8 Å². The second-order valence-corrected chi connectivity index (χ2v) is 10.8. The smallest absolute Gasteiger partial charge is 0.338 e. The highest BCUT2D eigenvalue weighted by atomic mass is 32.2. The maximum atomic E-state index is 13.2. The summed E-state index contributed by atoms with van der Waals surface area (Å²) in [6.45, 7) is -0.172. The first-order valence-electron chi connectivity index (χ1n) is 13.7. The van der Waals surface area contributed by atoms with E-state index in [2.05, 4.69) is 20.3 Å². The van der Waals surface area contributed by atoms with Crippen LogP contribution in [0.5, 0.6) is 0 Å². The zero-order chi connectivity index (χ0) is 30.5. The maximum Gasteiger partial charge on any atom is 0.338 e. The molecule has 1 saturated heterocycles. The summed E-state index contributed by atoms with van der Waals surface area (Å²) in [7, 11) is 0. The lowest BCUT2D eigenvalue weighted by atomic mass is 10.1. The molecule has 0 bridgehead atoms. The van der Waals surface area contributed by atoms with Crippen molar-refractivity contribution < 1.29 is 28.6 Å². The number of carbonyl (C=O) groups is 3. The Morgan fingerprint density at radius 1 is 0.841 bits per heavy atom. The van der Waals surface area contributed by atoms with Crippen LogP contribution in [0, 0.1) is 0 Å². The van der Waals surface area contributed by atoms with Crippen molar-refractivity contribution in [1.82, 2.24) is 19.5 Å². The molecule has 0 unspecified atom stereocenters. The van der Waals surface area contributed by atoms with Gasteiger partial charge in [-0.2, -0.15) is 11.8 Å². The lowest BCUT2D eigenvalue weighted by Crippen LogP contribution is -2.37. The summed E-state index contributed by atoms with van der Waals surface area (Å²) in [6.07, 6.45) is 2.36. The van der Waals surface area contributed by atoms with E-state index in [1.165, 1.54) is 18.1 Å². The van der Waals surface area contributed by atoms with E-state index in [0.717, 1.165) is 0 Å². The molecule has 1 N–H and O–H groups in total. The summed E-state index contributed by atoms with van der Waals surface area (Å²) in [6, 6.07) is 26.0. The number of rotatable bonds is 9. The summed E-state index contributed by atoms with van der Waals surface area (Å²) in [5.74, 6) is -1.18. The van der Waals surface area contributed by atoms with Crippen LogP contribution in [-0.2, 0) is 14.2 Å². The van der Waals surface area contributed by atoms with Gasteiger partial charge >= 0.3 is 11.9 Å². The quantitative estimate of drug-likeness (QED) is 0.233. The lowest BCUT2D eigenvalue weighted by Gasteiger charge is -2.23. The van der Waals surface area contributed by atoms with Crippen LogP contribution in [-0.4, -0.2) is 67.7 Å². The molecule has 3 aromatic carbocycles. The number of thioether (sulfide) groups is 1. The van der Waals surface area contributed by atoms with Crippen molar-refractivity contribution in [3.8, 4) is 0 Å². The van der Waals surface area contributed by atoms with E-state index < -0.39 is 35.6 Å². The zero-order valence-electron chi connectivity index (χ0n) is 23.5. The first-order chi connectivity index (χ1) is 21.5. The van der Waals surface area contributed by atoms with Gasteiger partial charge < -0.3 is 19.5 Å². The largest absolute Gasteiger partial charge is 0.459 e. The van der Waals surface area contributed by atoms with E-state index in [4.69, 9.17) is 14.2 Å². The third-order valence-electron chi connectivity index (χ3n) is 7.11. The Kier molecular flexibility index (Phi) is 8.62. The second kappa shape index (κ2) is 13.1. The Labute approximate surface area is 256 Å². The summed E-state index contributed by atoms with van der Waals surface area (Å²) in [4.78, 5) is 52.0. The van der Waals surface area contributed by atoms with Gasteiger partial charge in [0.15, 0.2) is 17.7 Å². The fraction of sp³-hybridized carbons (Fsp3) is 0.188. The van der Waals surface area contributed by atoms with Gasteiger partial charge in [0.05, 0.1) is 22.7 Å². The Balaban J connectivity index is 1.32. The summed E-state index contributed by atoms with van der Waals surface area (Å²) in [5.41, 5.74) is 1.98. The molecule has 0 saturated carbocycles. The van der Waals surface area contributed by atoms with E-state index in [-0.39, 0.29) is 18.3 Å². The fourth-order valence-electron chi connectivity index (χ4n) is 4.97. The molecular formula is C32H27N5O6S. The highest BCUT2D eigenvalue weighted by Gasteiger charge is 2.49. The second-order valence-electron chi connectivity index (χ2n) is 9.83. The van der Waals surface area contributed by atoms with E-state index in [0.29, 0.717) is 27.9 Å². The SMILES string of the molecule is CS[C@@H]1[C@H](OC(=O)c2ccccc2)[C@H](COC(=O)c2ccccc2)O[C@@H]1n1cnc2ncnc(NC(=O)c3ccccc3)c21. The molecule has 1 amide bonds. The van der Waals surface area contributed by atoms with Gasteiger partial charge in [-0.3, -0.25) is 9.36 Å². The van der Waals surface area contributed by atoms with Crippen molar-refractivity contribution in [2.45, 2.75) is 23.7 Å². The van der Waals surface area contributed by atoms with Gasteiger partial charge in [-0.1, -0.05) is 54.6 Å². The number of anilines is 1. The van der Waals surface area contributed by atoms with Crippen LogP contribution in [0.2, 0.25) is 0 Å². The van der Waals surface area contributed by atoms with Crippen molar-refractivity contribution in [2.24, 2.45) is 0 Å². The highest BCUT2D eigenvalue weighted by Crippen LogP contribution is 2.41. The Morgan fingerprint density at radius 3 is 2.09 bits per heavy atom. The molecule has 4 atom stereocenters. The van der Waals surface area contributed by atoms with E-state index in [1.807, 2.05) is 18.4 Å². The molecule has 5 aromatic rings. The lowest BCUT2D eigenvalue weighted by molar-refractivity contribution is -0.0561. The number of imidazole rings is 1. The predicted molar refractivity (Wildman–Crippen MR) is 163 cm³/mol. The van der Waals surface area contributed by atoms with Gasteiger partial charge in [0.2, 0.25) is 0 Å². The predicted octanol–water partition coefficient (Wildman–Crippen LogP) is 4.79. The number of benzene rings is 3. The average Bonchev–Trinajstić information content (AvgIpc) is 3.66. The molecular weight excluding hydrogens is 582 g/mol. The number of hydrogen-bond donors (Lipinski definition) is 1. The van der Waals surface area contributed by atoms with Crippen molar-refractivity contribution in [1.29, 1.82) is 0 Å². The molecule has 0 spiro atoms. The van der Waals surface area contributed by atoms with Crippen LogP contribution in [0.3, 0.4) is 0 Å². The molecule has 222 valence electrons. The summed E-state index contributed by atoms with van der Waals surface area (Å²) in [5, 5.41) is 2.39. The number of nitrogens with zero attached hydrogens (tertiary/aromatic N) is 4. The van der Waals surface area contributed by atoms with Crippen LogP contribution < -0.4 is 5.32 Å². The van der Waals surface area contributed by atoms with Gasteiger partial charge in [-0.15, -0.1) is 0 Å². The van der Waals surface area contributed by atoms with Crippen LogP contribution in [0.15, 0.2) is 104 Å². The molecule has 0 radical (unpaired) electrons. The topological polar surface area (TPSA) is 135 Å². The number of amides is 1. The summed E-state index contributed by atoms with van der Waals surface area (Å²) < 4.78 is 19.8. The van der Waals surface area contributed by atoms with E-state index >= 15 is 0 Å². The van der Waals surface area contributed by atoms with Crippen LogP contribution in [0.1, 0.15) is 37.3 Å². The Hall–Kier alpha value is -5.07. The number of esters is 2. The third-order valence-corrected chi connectivity index (χ3v) is 8.15. The minimum Gasteiger partial charge on any atom is -0.459 e. The van der Waals surface area contributed by atoms with Gasteiger partial charge in [-0.05, 0) is 42.7 Å². The number of fused-ring (bicyclic) bond motifs is 1. The minimum absolute atomic E-state index is 0.172. The first-order valence-corrected chi connectivity index (χ1v) is 15.0. The molecule has 0 aliphatic carbocycles. The van der Waals surface area contributed by atoms with Gasteiger partial charge in [-0.25, -0.2) is 24.5 Å². The number of ether oxygens (including phenoxy) is 3. The molecule has 1 aliphatic heterocycles. The monoisotopic (exact) mass is 609 g/mol. The Bertz CT molecular complexity index is 1770. The number of aromatic nitrogens is 4. The molecule has 3 heterocycles. The molecule has 11 nitrogen and oxygen atoms in total.